The third-order valence-electron chi connectivity index (χ3n) is 4.99. The highest BCUT2D eigenvalue weighted by molar-refractivity contribution is 7.89. The summed E-state index contributed by atoms with van der Waals surface area (Å²) in [7, 11) is -3.70. The summed E-state index contributed by atoms with van der Waals surface area (Å²) in [6.45, 7) is 3.53. The van der Waals surface area contributed by atoms with Crippen LogP contribution < -0.4 is 15.4 Å². The zero-order valence-electron chi connectivity index (χ0n) is 16.5. The first-order valence-electron chi connectivity index (χ1n) is 9.34. The predicted octanol–water partition coefficient (Wildman–Crippen LogP) is 2.70. The van der Waals surface area contributed by atoms with E-state index in [0.717, 1.165) is 21.5 Å². The number of nitrogens with zero attached hydrogens (tertiary/aromatic N) is 1. The molecule has 1 amide bonds. The van der Waals surface area contributed by atoms with Crippen LogP contribution in [0.25, 0.3) is 10.2 Å². The molecule has 0 bridgehead atoms. The molecule has 1 atom stereocenters. The number of carbonyl (C=O) groups excluding carboxylic acids is 1. The quantitative estimate of drug-likeness (QED) is 0.443. The summed E-state index contributed by atoms with van der Waals surface area (Å²) in [5.74, 6) is -0.171. The zero-order valence-corrected chi connectivity index (χ0v) is 18.1. The van der Waals surface area contributed by atoms with E-state index in [1.165, 1.54) is 23.5 Å². The molecule has 3 aromatic rings. The first-order chi connectivity index (χ1) is 14.2. The minimum Gasteiger partial charge on any atom is -0.396 e. The number of aliphatic hydroxyl groups excluding tert-OH is 1. The molecular formula is C20H22N4O4S2. The fourth-order valence-corrected chi connectivity index (χ4v) is 5.26. The van der Waals surface area contributed by atoms with Crippen LogP contribution in [-0.4, -0.2) is 37.6 Å². The minimum atomic E-state index is -3.70. The number of amides is 1. The number of benzene rings is 2. The Morgan fingerprint density at radius 3 is 2.63 bits per heavy atom. The minimum absolute atomic E-state index is 0.114. The molecule has 1 aromatic heterocycles. The van der Waals surface area contributed by atoms with E-state index in [2.05, 4.69) is 20.3 Å². The van der Waals surface area contributed by atoms with Gasteiger partial charge in [-0.2, -0.15) is 0 Å². The van der Waals surface area contributed by atoms with Gasteiger partial charge in [-0.15, -0.1) is 11.3 Å². The average Bonchev–Trinajstić information content (AvgIpc) is 3.31. The summed E-state index contributed by atoms with van der Waals surface area (Å²) in [6, 6.07) is 9.35. The summed E-state index contributed by atoms with van der Waals surface area (Å²) in [6.07, 6.45) is 0. The number of fused-ring (bicyclic) bond motifs is 3. The van der Waals surface area contributed by atoms with Gasteiger partial charge in [0.05, 0.1) is 20.6 Å². The normalized spacial score (nSPS) is 16.5. The maximum atomic E-state index is 12.5. The molecule has 8 nitrogen and oxygen atoms in total. The van der Waals surface area contributed by atoms with Crippen molar-refractivity contribution >= 4 is 48.9 Å². The molecule has 0 saturated heterocycles. The van der Waals surface area contributed by atoms with Crippen LogP contribution in [0.1, 0.15) is 25.5 Å². The first-order valence-corrected chi connectivity index (χ1v) is 11.7. The molecule has 4 rings (SSSR count). The highest BCUT2D eigenvalue weighted by atomic mass is 32.2. The summed E-state index contributed by atoms with van der Waals surface area (Å²) in [4.78, 5) is 16.9. The van der Waals surface area contributed by atoms with Crippen LogP contribution in [0.15, 0.2) is 46.8 Å². The third kappa shape index (κ3) is 3.91. The molecular weight excluding hydrogens is 424 g/mol. The molecule has 0 spiro atoms. The van der Waals surface area contributed by atoms with Crippen molar-refractivity contribution in [3.63, 3.8) is 0 Å². The highest BCUT2D eigenvalue weighted by Gasteiger charge is 2.33. The summed E-state index contributed by atoms with van der Waals surface area (Å²) < 4.78 is 28.5. The zero-order chi connectivity index (χ0) is 21.5. The second kappa shape index (κ2) is 7.62. The third-order valence-corrected chi connectivity index (χ3v) is 7.28. The molecule has 0 radical (unpaired) electrons. The second-order valence-corrected chi connectivity index (χ2v) is 10.6. The van der Waals surface area contributed by atoms with Crippen LogP contribution in [0, 0.1) is 5.41 Å². The number of rotatable bonds is 7. The van der Waals surface area contributed by atoms with Gasteiger partial charge in [0.1, 0.15) is 6.04 Å². The average molecular weight is 447 g/mol. The molecule has 1 aliphatic heterocycles. The Bertz CT molecular complexity index is 1200. The van der Waals surface area contributed by atoms with Crippen molar-refractivity contribution in [1.82, 2.24) is 9.71 Å². The number of anilines is 2. The van der Waals surface area contributed by atoms with Gasteiger partial charge >= 0.3 is 0 Å². The lowest BCUT2D eigenvalue weighted by Gasteiger charge is -2.21. The highest BCUT2D eigenvalue weighted by Crippen LogP contribution is 2.40. The van der Waals surface area contributed by atoms with Crippen LogP contribution in [-0.2, 0) is 14.8 Å². The summed E-state index contributed by atoms with van der Waals surface area (Å²) in [5, 5.41) is 15.4. The maximum absolute atomic E-state index is 12.5. The van der Waals surface area contributed by atoms with E-state index in [1.807, 2.05) is 12.1 Å². The monoisotopic (exact) mass is 446 g/mol. The molecule has 2 heterocycles. The standard InChI is InChI=1S/C20H22N4O4S2/c1-20(2,10-25)9-22-30(27,28)13-5-3-12(4-6-13)23-17-16-14(24-19(17)26)7-8-15-18(16)29-11-21-15/h3-8,11,17,22-23,25H,9-10H2,1-2H3,(H,24,26). The maximum Gasteiger partial charge on any atom is 0.251 e. The lowest BCUT2D eigenvalue weighted by Crippen LogP contribution is -2.36. The Morgan fingerprint density at radius 2 is 1.93 bits per heavy atom. The molecule has 2 aromatic carbocycles. The van der Waals surface area contributed by atoms with Crippen molar-refractivity contribution in [2.75, 3.05) is 23.8 Å². The first kappa shape index (κ1) is 20.7. The van der Waals surface area contributed by atoms with E-state index < -0.39 is 21.5 Å². The number of hydrogen-bond donors (Lipinski definition) is 4. The molecule has 10 heteroatoms. The van der Waals surface area contributed by atoms with Crippen LogP contribution >= 0.6 is 11.3 Å². The van der Waals surface area contributed by atoms with Crippen LogP contribution in [0.3, 0.4) is 0 Å². The van der Waals surface area contributed by atoms with E-state index in [-0.39, 0.29) is 24.0 Å². The van der Waals surface area contributed by atoms with Crippen LogP contribution in [0.5, 0.6) is 0 Å². The van der Waals surface area contributed by atoms with Gasteiger partial charge in [-0.3, -0.25) is 4.79 Å². The number of aromatic nitrogens is 1. The van der Waals surface area contributed by atoms with Crippen LogP contribution in [0.4, 0.5) is 11.4 Å². The lowest BCUT2D eigenvalue weighted by atomic mass is 9.96. The Morgan fingerprint density at radius 1 is 1.20 bits per heavy atom. The molecule has 158 valence electrons. The fraction of sp³-hybridized carbons (Fsp3) is 0.300. The Labute approximate surface area is 178 Å². The number of aliphatic hydroxyl groups is 1. The van der Waals surface area contributed by atoms with E-state index >= 15 is 0 Å². The van der Waals surface area contributed by atoms with Gasteiger partial charge in [-0.1, -0.05) is 13.8 Å². The van der Waals surface area contributed by atoms with Crippen molar-refractivity contribution in [1.29, 1.82) is 0 Å². The van der Waals surface area contributed by atoms with Gasteiger partial charge in [0.15, 0.2) is 0 Å². The van der Waals surface area contributed by atoms with E-state index in [4.69, 9.17) is 0 Å². The molecule has 0 aliphatic carbocycles. The van der Waals surface area contributed by atoms with Gasteiger partial charge in [0.2, 0.25) is 10.0 Å². The van der Waals surface area contributed by atoms with Crippen molar-refractivity contribution in [2.45, 2.75) is 24.8 Å². The number of carbonyl (C=O) groups is 1. The SMILES string of the molecule is CC(C)(CO)CNS(=O)(=O)c1ccc(NC2C(=O)Nc3ccc4ncsc4c32)cc1. The van der Waals surface area contributed by atoms with Crippen molar-refractivity contribution < 1.29 is 18.3 Å². The van der Waals surface area contributed by atoms with Crippen molar-refractivity contribution in [3.8, 4) is 0 Å². The molecule has 4 N–H and O–H groups in total. The summed E-state index contributed by atoms with van der Waals surface area (Å²) in [5.41, 5.74) is 4.25. The Kier molecular flexibility index (Phi) is 5.27. The molecule has 1 aliphatic rings. The number of nitrogens with one attached hydrogen (secondary N) is 3. The van der Waals surface area contributed by atoms with E-state index in [1.54, 1.807) is 31.5 Å². The molecule has 30 heavy (non-hydrogen) atoms. The van der Waals surface area contributed by atoms with Crippen molar-refractivity contribution in [2.24, 2.45) is 5.41 Å². The van der Waals surface area contributed by atoms with Gasteiger partial charge in [0.25, 0.3) is 5.91 Å². The topological polar surface area (TPSA) is 120 Å². The lowest BCUT2D eigenvalue weighted by molar-refractivity contribution is -0.116. The largest absolute Gasteiger partial charge is 0.396 e. The summed E-state index contributed by atoms with van der Waals surface area (Å²) >= 11 is 1.48. The molecule has 0 saturated carbocycles. The Hall–Kier alpha value is -2.53. The van der Waals surface area contributed by atoms with Crippen molar-refractivity contribution in [3.05, 3.63) is 47.5 Å². The van der Waals surface area contributed by atoms with Crippen LogP contribution in [0.2, 0.25) is 0 Å². The predicted molar refractivity (Wildman–Crippen MR) is 117 cm³/mol. The van der Waals surface area contributed by atoms with Gasteiger partial charge in [0, 0.05) is 35.5 Å². The van der Waals surface area contributed by atoms with Gasteiger partial charge in [-0.25, -0.2) is 18.1 Å². The number of sulfonamides is 1. The van der Waals surface area contributed by atoms with E-state index in [0.29, 0.717) is 5.69 Å². The molecule has 0 fully saturated rings. The van der Waals surface area contributed by atoms with Gasteiger partial charge in [-0.05, 0) is 36.4 Å². The smallest absolute Gasteiger partial charge is 0.251 e. The van der Waals surface area contributed by atoms with E-state index in [9.17, 15) is 18.3 Å². The second-order valence-electron chi connectivity index (χ2n) is 7.97. The number of thiazole rings is 1. The Balaban J connectivity index is 1.54. The fourth-order valence-electron chi connectivity index (χ4n) is 3.15. The van der Waals surface area contributed by atoms with Gasteiger partial charge < -0.3 is 15.7 Å². The number of hydrogen-bond acceptors (Lipinski definition) is 7. The molecule has 1 unspecified atom stereocenters.